The molecule has 0 atom stereocenters. The molecule has 26 heavy (non-hydrogen) atoms. The molecule has 0 aliphatic carbocycles. The van der Waals surface area contributed by atoms with Crippen LogP contribution in [0.5, 0.6) is 5.75 Å². The second kappa shape index (κ2) is 9.14. The maximum Gasteiger partial charge on any atom is 0.159 e. The number of hydrogen-bond acceptors (Lipinski definition) is 3. The van der Waals surface area contributed by atoms with E-state index in [9.17, 15) is 5.11 Å². The highest BCUT2D eigenvalue weighted by Gasteiger charge is 2.04. The molecule has 3 heteroatoms. The predicted octanol–water partition coefficient (Wildman–Crippen LogP) is 6.03. The topological polar surface area (TPSA) is 46.0 Å². The Bertz CT molecular complexity index is 793. The van der Waals surface area contributed by atoms with Crippen molar-refractivity contribution >= 4 is 0 Å². The van der Waals surface area contributed by atoms with E-state index in [4.69, 9.17) is 0 Å². The summed E-state index contributed by atoms with van der Waals surface area (Å²) in [7, 11) is 0. The quantitative estimate of drug-likeness (QED) is 0.507. The van der Waals surface area contributed by atoms with E-state index in [0.717, 1.165) is 28.9 Å². The lowest BCUT2D eigenvalue weighted by atomic mass is 10.0. The van der Waals surface area contributed by atoms with Gasteiger partial charge < -0.3 is 5.11 Å². The van der Waals surface area contributed by atoms with Gasteiger partial charge in [0, 0.05) is 23.5 Å². The molecule has 134 valence electrons. The molecule has 0 amide bonds. The fourth-order valence-electron chi connectivity index (χ4n) is 3.03. The summed E-state index contributed by atoms with van der Waals surface area (Å²) >= 11 is 0. The van der Waals surface area contributed by atoms with Gasteiger partial charge in [0.1, 0.15) is 5.75 Å². The maximum absolute atomic E-state index is 9.38. The van der Waals surface area contributed by atoms with Gasteiger partial charge >= 0.3 is 0 Å². The molecule has 2 aromatic carbocycles. The van der Waals surface area contributed by atoms with Crippen LogP contribution in [-0.4, -0.2) is 15.1 Å². The first-order valence-electron chi connectivity index (χ1n) is 9.47. The number of phenols is 1. The van der Waals surface area contributed by atoms with Crippen LogP contribution in [-0.2, 0) is 6.42 Å². The van der Waals surface area contributed by atoms with Gasteiger partial charge in [-0.1, -0.05) is 69.0 Å². The van der Waals surface area contributed by atoms with E-state index < -0.39 is 0 Å². The van der Waals surface area contributed by atoms with E-state index in [0.29, 0.717) is 0 Å². The van der Waals surface area contributed by atoms with Crippen LogP contribution in [0.15, 0.2) is 60.9 Å². The molecule has 0 aliphatic heterocycles. The summed E-state index contributed by atoms with van der Waals surface area (Å²) in [5.74, 6) is 0.999. The Kier molecular flexibility index (Phi) is 6.37. The number of rotatable bonds is 8. The van der Waals surface area contributed by atoms with E-state index in [1.807, 2.05) is 24.5 Å². The van der Waals surface area contributed by atoms with E-state index >= 15 is 0 Å². The summed E-state index contributed by atoms with van der Waals surface area (Å²) < 4.78 is 0. The molecule has 0 radical (unpaired) electrons. The average Bonchev–Trinajstić information content (AvgIpc) is 2.69. The standard InChI is InChI=1S/C23H26N2O/c1-2-3-4-5-6-7-18-8-10-20(11-9-18)23-24-16-21(17-25-23)19-12-14-22(26)15-13-19/h8-17,26H,2-7H2,1H3. The summed E-state index contributed by atoms with van der Waals surface area (Å²) in [4.78, 5) is 9.00. The Labute approximate surface area is 155 Å². The zero-order chi connectivity index (χ0) is 18.2. The maximum atomic E-state index is 9.38. The first-order valence-corrected chi connectivity index (χ1v) is 9.47. The number of phenolic OH excluding ortho intramolecular Hbond substituents is 1. The summed E-state index contributed by atoms with van der Waals surface area (Å²) in [6, 6.07) is 15.7. The molecule has 1 heterocycles. The third-order valence-corrected chi connectivity index (χ3v) is 4.63. The Morgan fingerprint density at radius 2 is 1.31 bits per heavy atom. The lowest BCUT2D eigenvalue weighted by Crippen LogP contribution is -1.91. The molecule has 0 bridgehead atoms. The van der Waals surface area contributed by atoms with E-state index in [-0.39, 0.29) is 5.75 Å². The summed E-state index contributed by atoms with van der Waals surface area (Å²) in [5.41, 5.74) is 4.35. The number of aromatic hydroxyl groups is 1. The van der Waals surface area contributed by atoms with Gasteiger partial charge in [-0.05, 0) is 36.1 Å². The molecule has 0 aliphatic rings. The molecule has 3 aromatic rings. The first kappa shape index (κ1) is 18.1. The third kappa shape index (κ3) is 4.92. The van der Waals surface area contributed by atoms with Crippen molar-refractivity contribution in [2.24, 2.45) is 0 Å². The molecule has 0 spiro atoms. The number of benzene rings is 2. The van der Waals surface area contributed by atoms with Crippen molar-refractivity contribution in [3.05, 3.63) is 66.5 Å². The lowest BCUT2D eigenvalue weighted by Gasteiger charge is -2.05. The van der Waals surface area contributed by atoms with Crippen molar-refractivity contribution in [3.8, 4) is 28.3 Å². The average molecular weight is 346 g/mol. The van der Waals surface area contributed by atoms with Crippen LogP contribution < -0.4 is 0 Å². The smallest absolute Gasteiger partial charge is 0.159 e. The number of unbranched alkanes of at least 4 members (excludes halogenated alkanes) is 4. The van der Waals surface area contributed by atoms with Crippen molar-refractivity contribution < 1.29 is 5.11 Å². The molecule has 1 aromatic heterocycles. The Hall–Kier alpha value is -2.68. The second-order valence-corrected chi connectivity index (χ2v) is 6.70. The first-order chi connectivity index (χ1) is 12.8. The SMILES string of the molecule is CCCCCCCc1ccc(-c2ncc(-c3ccc(O)cc3)cn2)cc1. The van der Waals surface area contributed by atoms with Gasteiger partial charge in [0.05, 0.1) is 0 Å². The molecule has 0 saturated heterocycles. The van der Waals surface area contributed by atoms with E-state index in [1.54, 1.807) is 12.1 Å². The van der Waals surface area contributed by atoms with Crippen LogP contribution >= 0.6 is 0 Å². The van der Waals surface area contributed by atoms with Crippen LogP contribution in [0.1, 0.15) is 44.6 Å². The monoisotopic (exact) mass is 346 g/mol. The van der Waals surface area contributed by atoms with Crippen molar-refractivity contribution in [1.29, 1.82) is 0 Å². The van der Waals surface area contributed by atoms with Crippen LogP contribution in [0.4, 0.5) is 0 Å². The van der Waals surface area contributed by atoms with Gasteiger partial charge in [-0.15, -0.1) is 0 Å². The number of aromatic nitrogens is 2. The highest BCUT2D eigenvalue weighted by Crippen LogP contribution is 2.23. The van der Waals surface area contributed by atoms with E-state index in [2.05, 4.69) is 41.2 Å². The largest absolute Gasteiger partial charge is 0.508 e. The highest BCUT2D eigenvalue weighted by atomic mass is 16.3. The van der Waals surface area contributed by atoms with Gasteiger partial charge in [-0.25, -0.2) is 9.97 Å². The van der Waals surface area contributed by atoms with Crippen LogP contribution in [0.3, 0.4) is 0 Å². The number of aryl methyl sites for hydroxylation is 1. The van der Waals surface area contributed by atoms with Gasteiger partial charge in [-0.2, -0.15) is 0 Å². The molecule has 3 rings (SSSR count). The Balaban J connectivity index is 1.61. The van der Waals surface area contributed by atoms with Crippen molar-refractivity contribution in [2.45, 2.75) is 45.4 Å². The zero-order valence-electron chi connectivity index (χ0n) is 15.4. The van der Waals surface area contributed by atoms with Gasteiger partial charge in [-0.3, -0.25) is 0 Å². The molecular weight excluding hydrogens is 320 g/mol. The molecule has 1 N–H and O–H groups in total. The fourth-order valence-corrected chi connectivity index (χ4v) is 3.03. The highest BCUT2D eigenvalue weighted by molar-refractivity contribution is 5.64. The van der Waals surface area contributed by atoms with Crippen LogP contribution in [0, 0.1) is 0 Å². The zero-order valence-corrected chi connectivity index (χ0v) is 15.4. The molecule has 3 nitrogen and oxygen atoms in total. The fraction of sp³-hybridized carbons (Fsp3) is 0.304. The van der Waals surface area contributed by atoms with Gasteiger partial charge in [0.15, 0.2) is 5.82 Å². The number of hydrogen-bond donors (Lipinski definition) is 1. The Morgan fingerprint density at radius 1 is 0.692 bits per heavy atom. The minimum Gasteiger partial charge on any atom is -0.508 e. The summed E-state index contributed by atoms with van der Waals surface area (Å²) in [6.07, 6.45) is 11.4. The molecule has 0 unspecified atom stereocenters. The number of nitrogens with zero attached hydrogens (tertiary/aromatic N) is 2. The van der Waals surface area contributed by atoms with E-state index in [1.165, 1.54) is 37.7 Å². The summed E-state index contributed by atoms with van der Waals surface area (Å²) in [5, 5.41) is 9.38. The van der Waals surface area contributed by atoms with Crippen molar-refractivity contribution in [2.75, 3.05) is 0 Å². The molecular formula is C23H26N2O. The minimum absolute atomic E-state index is 0.261. The minimum atomic E-state index is 0.261. The van der Waals surface area contributed by atoms with Gasteiger partial charge in [0.2, 0.25) is 0 Å². The van der Waals surface area contributed by atoms with Crippen LogP contribution in [0.2, 0.25) is 0 Å². The summed E-state index contributed by atoms with van der Waals surface area (Å²) in [6.45, 7) is 2.25. The predicted molar refractivity (Wildman–Crippen MR) is 107 cm³/mol. The van der Waals surface area contributed by atoms with Crippen LogP contribution in [0.25, 0.3) is 22.5 Å². The van der Waals surface area contributed by atoms with Crippen molar-refractivity contribution in [1.82, 2.24) is 9.97 Å². The van der Waals surface area contributed by atoms with Gasteiger partial charge in [0.25, 0.3) is 0 Å². The Morgan fingerprint density at radius 3 is 1.96 bits per heavy atom. The normalized spacial score (nSPS) is 10.8. The molecule has 0 fully saturated rings. The van der Waals surface area contributed by atoms with Crippen molar-refractivity contribution in [3.63, 3.8) is 0 Å². The second-order valence-electron chi connectivity index (χ2n) is 6.70. The lowest BCUT2D eigenvalue weighted by molar-refractivity contribution is 0.475. The third-order valence-electron chi connectivity index (χ3n) is 4.63. The molecule has 0 saturated carbocycles.